The van der Waals surface area contributed by atoms with E-state index in [4.69, 9.17) is 0 Å². The van der Waals surface area contributed by atoms with Crippen LogP contribution in [0.4, 0.5) is 0 Å². The minimum Gasteiger partial charge on any atom is -0.520 e. The van der Waals surface area contributed by atoms with Crippen molar-refractivity contribution in [3.8, 4) is 0 Å². The Kier molecular flexibility index (Phi) is 7.19. The van der Waals surface area contributed by atoms with E-state index in [0.29, 0.717) is 12.6 Å². The van der Waals surface area contributed by atoms with Crippen LogP contribution in [0, 0.1) is 6.92 Å². The fourth-order valence-corrected chi connectivity index (χ4v) is 2.43. The standard InChI is InChI=1S/C15H21N2O.Y/c1-13-3-5-14(6-4-13)11-17(12-18)15-7-9-16(2)10-8-15;/h3-6,15H,7-11H2,1-2H3;/q-1;. The number of carbonyl (C=O) groups excluding carboxylic acids is 1. The van der Waals surface area contributed by atoms with Gasteiger partial charge < -0.3 is 14.6 Å². The van der Waals surface area contributed by atoms with Crippen LogP contribution in [0.5, 0.6) is 0 Å². The molecule has 1 amide bonds. The molecule has 1 saturated heterocycles. The molecule has 1 aromatic carbocycles. The molecule has 0 aliphatic carbocycles. The molecule has 0 saturated carbocycles. The fraction of sp³-hybridized carbons (Fsp3) is 0.533. The molecule has 0 aromatic heterocycles. The van der Waals surface area contributed by atoms with Gasteiger partial charge in [0, 0.05) is 45.3 Å². The van der Waals surface area contributed by atoms with Gasteiger partial charge in [-0.15, -0.1) is 0 Å². The van der Waals surface area contributed by atoms with Crippen LogP contribution in [0.2, 0.25) is 0 Å². The third-order valence-corrected chi connectivity index (χ3v) is 3.72. The summed E-state index contributed by atoms with van der Waals surface area (Å²) in [6.07, 6.45) is 4.22. The summed E-state index contributed by atoms with van der Waals surface area (Å²) in [4.78, 5) is 15.3. The summed E-state index contributed by atoms with van der Waals surface area (Å²) in [6, 6.07) is 8.71. The summed E-state index contributed by atoms with van der Waals surface area (Å²) < 4.78 is 0. The van der Waals surface area contributed by atoms with Crippen molar-refractivity contribution in [1.82, 2.24) is 9.80 Å². The number of piperidine rings is 1. The van der Waals surface area contributed by atoms with Gasteiger partial charge in [0.05, 0.1) is 0 Å². The Morgan fingerprint density at radius 3 is 2.37 bits per heavy atom. The quantitative estimate of drug-likeness (QED) is 0.621. The van der Waals surface area contributed by atoms with E-state index in [1.807, 2.05) is 4.90 Å². The summed E-state index contributed by atoms with van der Waals surface area (Å²) in [5, 5.41) is 0. The number of nitrogens with zero attached hydrogens (tertiary/aromatic N) is 2. The molecule has 0 unspecified atom stereocenters. The molecule has 19 heavy (non-hydrogen) atoms. The maximum atomic E-state index is 11.1. The van der Waals surface area contributed by atoms with E-state index < -0.39 is 0 Å². The summed E-state index contributed by atoms with van der Waals surface area (Å²) in [5.41, 5.74) is 2.43. The Labute approximate surface area is 141 Å². The molecule has 3 nitrogen and oxygen atoms in total. The number of hydrogen-bond acceptors (Lipinski definition) is 2. The van der Waals surface area contributed by atoms with Crippen LogP contribution in [0.15, 0.2) is 24.3 Å². The van der Waals surface area contributed by atoms with Crippen molar-refractivity contribution in [3.63, 3.8) is 0 Å². The second-order valence-corrected chi connectivity index (χ2v) is 5.24. The molecule has 0 N–H and O–H groups in total. The first kappa shape index (κ1) is 16.8. The van der Waals surface area contributed by atoms with E-state index in [0.717, 1.165) is 25.9 Å². The Hall–Kier alpha value is -0.246. The second kappa shape index (κ2) is 8.13. The molecule has 1 aromatic rings. The first-order valence-electron chi connectivity index (χ1n) is 6.57. The van der Waals surface area contributed by atoms with Gasteiger partial charge in [-0.3, -0.25) is 0 Å². The Balaban J connectivity index is 0.00000180. The molecule has 0 atom stereocenters. The third-order valence-electron chi connectivity index (χ3n) is 3.72. The predicted octanol–water partition coefficient (Wildman–Crippen LogP) is 1.96. The van der Waals surface area contributed by atoms with Crippen LogP contribution in [-0.2, 0) is 44.0 Å². The predicted molar refractivity (Wildman–Crippen MR) is 72.9 cm³/mol. The number of aryl methyl sites for hydroxylation is 1. The van der Waals surface area contributed by atoms with Gasteiger partial charge in [0.2, 0.25) is 0 Å². The van der Waals surface area contributed by atoms with Crippen molar-refractivity contribution in [1.29, 1.82) is 0 Å². The van der Waals surface area contributed by atoms with E-state index in [9.17, 15) is 4.79 Å². The molecule has 0 bridgehead atoms. The van der Waals surface area contributed by atoms with Gasteiger partial charge in [0.25, 0.3) is 0 Å². The van der Waals surface area contributed by atoms with Gasteiger partial charge in [0.15, 0.2) is 0 Å². The van der Waals surface area contributed by atoms with Crippen molar-refractivity contribution in [2.24, 2.45) is 0 Å². The summed E-state index contributed by atoms with van der Waals surface area (Å²) in [5.74, 6) is 0. The summed E-state index contributed by atoms with van der Waals surface area (Å²) in [6.45, 7) is 4.88. The molecule has 101 valence electrons. The third kappa shape index (κ3) is 4.98. The Bertz CT molecular complexity index is 386. The molecule has 0 spiro atoms. The van der Waals surface area contributed by atoms with E-state index in [-0.39, 0.29) is 32.7 Å². The van der Waals surface area contributed by atoms with Crippen molar-refractivity contribution in [2.75, 3.05) is 20.1 Å². The van der Waals surface area contributed by atoms with E-state index in [2.05, 4.69) is 49.5 Å². The smallest absolute Gasteiger partial charge is 0.0141 e. The largest absolute Gasteiger partial charge is 0.520 e. The van der Waals surface area contributed by atoms with Gasteiger partial charge in [-0.25, -0.2) is 0 Å². The van der Waals surface area contributed by atoms with Gasteiger partial charge in [-0.05, 0) is 45.5 Å². The number of benzene rings is 1. The first-order valence-corrected chi connectivity index (χ1v) is 6.57. The number of rotatable bonds is 4. The Morgan fingerprint density at radius 2 is 1.84 bits per heavy atom. The maximum absolute atomic E-state index is 11.1. The maximum Gasteiger partial charge on any atom is 0.0141 e. The number of hydrogen-bond donors (Lipinski definition) is 0. The van der Waals surface area contributed by atoms with Crippen molar-refractivity contribution < 1.29 is 37.5 Å². The van der Waals surface area contributed by atoms with Crippen molar-refractivity contribution in [2.45, 2.75) is 32.4 Å². The van der Waals surface area contributed by atoms with Crippen LogP contribution in [0.1, 0.15) is 24.0 Å². The van der Waals surface area contributed by atoms with Crippen LogP contribution in [-0.4, -0.2) is 42.4 Å². The normalized spacial score (nSPS) is 16.7. The molecule has 1 aliphatic rings. The molecule has 4 heteroatoms. The minimum atomic E-state index is 0. The van der Waals surface area contributed by atoms with Crippen LogP contribution >= 0.6 is 0 Å². The number of amides is 1. The molecule has 1 aliphatic heterocycles. The topological polar surface area (TPSA) is 23.6 Å². The molecule has 1 fully saturated rings. The van der Waals surface area contributed by atoms with E-state index in [1.54, 1.807) is 0 Å². The molecular weight excluding hydrogens is 313 g/mol. The zero-order valence-corrected chi connectivity index (χ0v) is 14.6. The molecular formula is C15H21N2OY-. The van der Waals surface area contributed by atoms with Crippen molar-refractivity contribution in [3.05, 3.63) is 35.4 Å². The van der Waals surface area contributed by atoms with Crippen molar-refractivity contribution >= 4 is 6.41 Å². The van der Waals surface area contributed by atoms with E-state index in [1.165, 1.54) is 11.1 Å². The molecule has 1 radical (unpaired) electrons. The van der Waals surface area contributed by atoms with Crippen LogP contribution in [0.25, 0.3) is 0 Å². The van der Waals surface area contributed by atoms with Crippen LogP contribution < -0.4 is 0 Å². The van der Waals surface area contributed by atoms with Crippen LogP contribution in [0.3, 0.4) is 0 Å². The monoisotopic (exact) mass is 334 g/mol. The SMILES string of the molecule is Cc1ccc(CN([C-]=O)C2CCN(C)CC2)cc1.[Y]. The van der Waals surface area contributed by atoms with Gasteiger partial charge in [-0.2, -0.15) is 6.41 Å². The van der Waals surface area contributed by atoms with Gasteiger partial charge >= 0.3 is 0 Å². The average molecular weight is 334 g/mol. The Morgan fingerprint density at radius 1 is 1.26 bits per heavy atom. The minimum absolute atomic E-state index is 0. The summed E-state index contributed by atoms with van der Waals surface area (Å²) >= 11 is 0. The van der Waals surface area contributed by atoms with Gasteiger partial charge in [0.1, 0.15) is 0 Å². The first-order chi connectivity index (χ1) is 8.69. The molecule has 2 rings (SSSR count). The van der Waals surface area contributed by atoms with E-state index >= 15 is 0 Å². The zero-order valence-electron chi connectivity index (χ0n) is 11.8. The summed E-state index contributed by atoms with van der Waals surface area (Å²) in [7, 11) is 2.13. The zero-order chi connectivity index (χ0) is 13.0. The second-order valence-electron chi connectivity index (χ2n) is 5.24. The molecule has 1 heterocycles. The number of likely N-dealkylation sites (tertiary alicyclic amines) is 1. The van der Waals surface area contributed by atoms with Gasteiger partial charge in [-0.1, -0.05) is 29.8 Å². The fourth-order valence-electron chi connectivity index (χ4n) is 2.43. The average Bonchev–Trinajstić information content (AvgIpc) is 2.39.